The third kappa shape index (κ3) is 5.49. The van der Waals surface area contributed by atoms with Crippen molar-refractivity contribution in [2.45, 2.75) is 32.2 Å². The third-order valence-corrected chi connectivity index (χ3v) is 3.60. The lowest BCUT2D eigenvalue weighted by Gasteiger charge is -2.16. The number of nitrogens with one attached hydrogen (secondary N) is 3. The quantitative estimate of drug-likeness (QED) is 0.548. The Balaban J connectivity index is 1.84. The van der Waals surface area contributed by atoms with Crippen molar-refractivity contribution in [3.05, 3.63) is 60.1 Å². The molecule has 3 N–H and O–H groups in total. The van der Waals surface area contributed by atoms with Gasteiger partial charge in [-0.2, -0.15) is 0 Å². The number of hydrogen-bond acceptors (Lipinski definition) is 4. The number of carbonyl (C=O) groups is 3. The summed E-state index contributed by atoms with van der Waals surface area (Å²) in [6.45, 7) is 2.07. The maximum Gasteiger partial charge on any atom is 0.327 e. The molecule has 3 amide bonds. The number of hydrazine groups is 1. The summed E-state index contributed by atoms with van der Waals surface area (Å²) in [5.41, 5.74) is 5.32. The van der Waals surface area contributed by atoms with Crippen molar-refractivity contribution in [2.24, 2.45) is 0 Å². The molecule has 1 atom stereocenters. The molecule has 2 rings (SSSR count). The van der Waals surface area contributed by atoms with Crippen LogP contribution < -0.4 is 16.2 Å². The predicted molar refractivity (Wildman–Crippen MR) is 90.9 cm³/mol. The first-order valence-corrected chi connectivity index (χ1v) is 8.07. The number of furan rings is 1. The zero-order valence-corrected chi connectivity index (χ0v) is 14.0. The van der Waals surface area contributed by atoms with Gasteiger partial charge in [-0.15, -0.1) is 0 Å². The van der Waals surface area contributed by atoms with Crippen LogP contribution in [0.4, 0.5) is 0 Å². The lowest BCUT2D eigenvalue weighted by molar-refractivity contribution is -0.141. The van der Waals surface area contributed by atoms with Gasteiger partial charge in [0.1, 0.15) is 5.76 Å². The molecule has 132 valence electrons. The zero-order chi connectivity index (χ0) is 18.1. The van der Waals surface area contributed by atoms with Gasteiger partial charge in [-0.3, -0.25) is 25.2 Å². The van der Waals surface area contributed by atoms with E-state index in [4.69, 9.17) is 4.42 Å². The van der Waals surface area contributed by atoms with Crippen LogP contribution >= 0.6 is 0 Å². The Labute approximate surface area is 145 Å². The second-order valence-corrected chi connectivity index (χ2v) is 5.46. The molecule has 0 radical (unpaired) electrons. The largest absolute Gasteiger partial charge is 0.467 e. The topological polar surface area (TPSA) is 100 Å². The third-order valence-electron chi connectivity index (χ3n) is 3.60. The summed E-state index contributed by atoms with van der Waals surface area (Å²) in [6, 6.07) is 12.7. The van der Waals surface area contributed by atoms with Gasteiger partial charge in [0.15, 0.2) is 0 Å². The molecule has 0 saturated carbocycles. The fraction of sp³-hybridized carbons (Fsp3) is 0.278. The Morgan fingerprint density at radius 1 is 1.00 bits per heavy atom. The van der Waals surface area contributed by atoms with Gasteiger partial charge in [-0.25, -0.2) is 0 Å². The molecule has 0 aliphatic heterocycles. The monoisotopic (exact) mass is 343 g/mol. The van der Waals surface area contributed by atoms with Gasteiger partial charge in [-0.1, -0.05) is 43.7 Å². The average Bonchev–Trinajstić information content (AvgIpc) is 3.16. The highest BCUT2D eigenvalue weighted by Gasteiger charge is 2.21. The van der Waals surface area contributed by atoms with E-state index in [1.54, 1.807) is 12.1 Å². The van der Waals surface area contributed by atoms with Crippen LogP contribution in [-0.2, 0) is 20.9 Å². The number of amides is 3. The number of hydrogen-bond donors (Lipinski definition) is 3. The van der Waals surface area contributed by atoms with Crippen LogP contribution in [0.3, 0.4) is 0 Å². The molecule has 25 heavy (non-hydrogen) atoms. The number of carbonyl (C=O) groups excluding carboxylic acids is 3. The molecule has 1 aromatic carbocycles. The van der Waals surface area contributed by atoms with Crippen molar-refractivity contribution in [3.63, 3.8) is 0 Å². The summed E-state index contributed by atoms with van der Waals surface area (Å²) >= 11 is 0. The maximum absolute atomic E-state index is 12.3. The standard InChI is InChI=1S/C18H21N3O4/c1-2-7-15(13-8-4-3-5-9-13)16(22)20-21-18(24)17(23)19-12-14-10-6-11-25-14/h3-6,8-11,15H,2,7,12H2,1H3,(H,19,23)(H,20,22)(H,21,24)/t15-/m0/s1. The van der Waals surface area contributed by atoms with E-state index in [-0.39, 0.29) is 12.5 Å². The summed E-state index contributed by atoms with van der Waals surface area (Å²) in [5.74, 6) is -2.03. The van der Waals surface area contributed by atoms with E-state index >= 15 is 0 Å². The van der Waals surface area contributed by atoms with Crippen molar-refractivity contribution in [3.8, 4) is 0 Å². The normalized spacial score (nSPS) is 11.4. The van der Waals surface area contributed by atoms with Gasteiger partial charge in [0.2, 0.25) is 5.91 Å². The van der Waals surface area contributed by atoms with Crippen LogP contribution in [0, 0.1) is 0 Å². The minimum atomic E-state index is -0.941. The Hall–Kier alpha value is -3.09. The molecule has 0 spiro atoms. The molecular weight excluding hydrogens is 322 g/mol. The summed E-state index contributed by atoms with van der Waals surface area (Å²) in [6.07, 6.45) is 2.92. The molecule has 0 aliphatic rings. The van der Waals surface area contributed by atoms with Gasteiger partial charge in [0.25, 0.3) is 0 Å². The molecular formula is C18H21N3O4. The molecule has 0 bridgehead atoms. The van der Waals surface area contributed by atoms with Gasteiger partial charge in [0, 0.05) is 0 Å². The van der Waals surface area contributed by atoms with Crippen LogP contribution in [-0.4, -0.2) is 17.7 Å². The first kappa shape index (κ1) is 18.3. The molecule has 1 aromatic heterocycles. The summed E-state index contributed by atoms with van der Waals surface area (Å²) in [7, 11) is 0. The highest BCUT2D eigenvalue weighted by molar-refractivity contribution is 6.35. The van der Waals surface area contributed by atoms with Gasteiger partial charge in [0.05, 0.1) is 18.7 Å². The van der Waals surface area contributed by atoms with Crippen LogP contribution in [0.5, 0.6) is 0 Å². The fourth-order valence-electron chi connectivity index (χ4n) is 2.35. The first-order chi connectivity index (χ1) is 12.1. The van der Waals surface area contributed by atoms with E-state index in [0.717, 1.165) is 12.0 Å². The van der Waals surface area contributed by atoms with E-state index in [2.05, 4.69) is 16.2 Å². The average molecular weight is 343 g/mol. The van der Waals surface area contributed by atoms with E-state index in [9.17, 15) is 14.4 Å². The van der Waals surface area contributed by atoms with E-state index in [0.29, 0.717) is 12.2 Å². The second-order valence-electron chi connectivity index (χ2n) is 5.46. The van der Waals surface area contributed by atoms with E-state index in [1.807, 2.05) is 37.3 Å². The van der Waals surface area contributed by atoms with E-state index in [1.165, 1.54) is 6.26 Å². The van der Waals surface area contributed by atoms with Crippen LogP contribution in [0.25, 0.3) is 0 Å². The van der Waals surface area contributed by atoms with Crippen molar-refractivity contribution in [1.82, 2.24) is 16.2 Å². The van der Waals surface area contributed by atoms with Gasteiger partial charge < -0.3 is 9.73 Å². The summed E-state index contributed by atoms with van der Waals surface area (Å²) in [5, 5.41) is 2.40. The highest BCUT2D eigenvalue weighted by atomic mass is 16.3. The van der Waals surface area contributed by atoms with Crippen molar-refractivity contribution in [2.75, 3.05) is 0 Å². The van der Waals surface area contributed by atoms with Crippen LogP contribution in [0.1, 0.15) is 37.0 Å². The van der Waals surface area contributed by atoms with Crippen LogP contribution in [0.15, 0.2) is 53.1 Å². The molecule has 0 saturated heterocycles. The lowest BCUT2D eigenvalue weighted by Crippen LogP contribution is -2.49. The van der Waals surface area contributed by atoms with Crippen molar-refractivity contribution >= 4 is 17.7 Å². The first-order valence-electron chi connectivity index (χ1n) is 8.07. The maximum atomic E-state index is 12.3. The molecule has 7 nitrogen and oxygen atoms in total. The summed E-state index contributed by atoms with van der Waals surface area (Å²) < 4.78 is 5.05. The second kappa shape index (κ2) is 9.27. The summed E-state index contributed by atoms with van der Waals surface area (Å²) in [4.78, 5) is 35.8. The van der Waals surface area contributed by atoms with Crippen molar-refractivity contribution in [1.29, 1.82) is 0 Å². The van der Waals surface area contributed by atoms with Crippen molar-refractivity contribution < 1.29 is 18.8 Å². The Morgan fingerprint density at radius 3 is 2.40 bits per heavy atom. The Kier molecular flexibility index (Phi) is 6.76. The molecule has 7 heteroatoms. The van der Waals surface area contributed by atoms with E-state index < -0.39 is 17.7 Å². The van der Waals surface area contributed by atoms with Gasteiger partial charge in [-0.05, 0) is 24.1 Å². The molecule has 1 heterocycles. The minimum absolute atomic E-state index is 0.0929. The number of benzene rings is 1. The lowest BCUT2D eigenvalue weighted by atomic mass is 9.94. The van der Waals surface area contributed by atoms with Crippen LogP contribution in [0.2, 0.25) is 0 Å². The molecule has 0 aliphatic carbocycles. The SMILES string of the molecule is CCC[C@H](C(=O)NNC(=O)C(=O)NCc1ccco1)c1ccccc1. The predicted octanol–water partition coefficient (Wildman–Crippen LogP) is 1.63. The van der Waals surface area contributed by atoms with Gasteiger partial charge >= 0.3 is 11.8 Å². The Bertz CT molecular complexity index is 698. The zero-order valence-electron chi connectivity index (χ0n) is 14.0. The fourth-order valence-corrected chi connectivity index (χ4v) is 2.35. The molecule has 0 unspecified atom stereocenters. The highest BCUT2D eigenvalue weighted by Crippen LogP contribution is 2.20. The molecule has 0 fully saturated rings. The smallest absolute Gasteiger partial charge is 0.327 e. The Morgan fingerprint density at radius 2 is 1.76 bits per heavy atom. The number of rotatable bonds is 6. The minimum Gasteiger partial charge on any atom is -0.467 e. The molecule has 2 aromatic rings.